The largest absolute Gasteiger partial charge is 0.496 e. The Kier molecular flexibility index (Phi) is 5.49. The maximum atomic E-state index is 11.5. The molecule has 1 saturated heterocycles. The molecule has 2 rings (SSSR count). The first kappa shape index (κ1) is 15.4. The van der Waals surface area contributed by atoms with Crippen LogP contribution in [0.2, 0.25) is 0 Å². The monoisotopic (exact) mass is 293 g/mol. The van der Waals surface area contributed by atoms with Crippen molar-refractivity contribution >= 4 is 17.5 Å². The molecule has 1 heterocycles. The van der Waals surface area contributed by atoms with Gasteiger partial charge in [0.1, 0.15) is 5.75 Å². The fourth-order valence-corrected chi connectivity index (χ4v) is 3.78. The van der Waals surface area contributed by atoms with E-state index in [0.717, 1.165) is 41.8 Å². The Morgan fingerprint density at radius 2 is 2.30 bits per heavy atom. The summed E-state index contributed by atoms with van der Waals surface area (Å²) >= 11 is 2.07. The summed E-state index contributed by atoms with van der Waals surface area (Å²) in [5.41, 5.74) is 1.88. The molecule has 4 heteroatoms. The fourth-order valence-electron chi connectivity index (χ4n) is 2.53. The number of ether oxygens (including phenoxy) is 1. The van der Waals surface area contributed by atoms with Gasteiger partial charge in [-0.3, -0.25) is 9.69 Å². The van der Waals surface area contributed by atoms with E-state index in [4.69, 9.17) is 4.74 Å². The van der Waals surface area contributed by atoms with E-state index in [0.29, 0.717) is 0 Å². The Hall–Kier alpha value is -1.000. The van der Waals surface area contributed by atoms with Crippen molar-refractivity contribution in [3.63, 3.8) is 0 Å². The van der Waals surface area contributed by atoms with Crippen LogP contribution in [0.4, 0.5) is 0 Å². The molecule has 1 atom stereocenters. The zero-order valence-corrected chi connectivity index (χ0v) is 13.3. The maximum absolute atomic E-state index is 11.5. The Labute approximate surface area is 125 Å². The number of methoxy groups -OCH3 is 1. The first-order chi connectivity index (χ1) is 9.63. The maximum Gasteiger partial charge on any atom is 0.159 e. The lowest BCUT2D eigenvalue weighted by Crippen LogP contribution is -2.37. The van der Waals surface area contributed by atoms with Crippen molar-refractivity contribution in [2.24, 2.45) is 0 Å². The number of benzene rings is 1. The molecule has 0 spiro atoms. The van der Waals surface area contributed by atoms with Gasteiger partial charge in [0.15, 0.2) is 5.78 Å². The first-order valence-electron chi connectivity index (χ1n) is 7.15. The van der Waals surface area contributed by atoms with Gasteiger partial charge in [-0.15, -0.1) is 0 Å². The van der Waals surface area contributed by atoms with Crippen LogP contribution in [0.1, 0.15) is 36.2 Å². The van der Waals surface area contributed by atoms with E-state index in [1.807, 2.05) is 18.2 Å². The van der Waals surface area contributed by atoms with Gasteiger partial charge in [-0.05, 0) is 31.5 Å². The summed E-state index contributed by atoms with van der Waals surface area (Å²) < 4.78 is 5.43. The van der Waals surface area contributed by atoms with Gasteiger partial charge in [0.2, 0.25) is 0 Å². The van der Waals surface area contributed by atoms with Crippen molar-refractivity contribution in [2.45, 2.75) is 32.1 Å². The third-order valence-electron chi connectivity index (χ3n) is 3.76. The second-order valence-corrected chi connectivity index (χ2v) is 6.63. The summed E-state index contributed by atoms with van der Waals surface area (Å²) in [5, 5.41) is 0.728. The van der Waals surface area contributed by atoms with Crippen LogP contribution in [0, 0.1) is 0 Å². The average Bonchev–Trinajstić information content (AvgIpc) is 2.47. The Balaban J connectivity index is 2.14. The number of rotatable bonds is 5. The molecular weight excluding hydrogens is 270 g/mol. The SMILES string of the molecule is CCC1CN(Cc2cc(C(C)=O)ccc2OC)CCS1. The van der Waals surface area contributed by atoms with Crippen LogP contribution in [0.5, 0.6) is 5.75 Å². The van der Waals surface area contributed by atoms with Crippen molar-refractivity contribution in [1.29, 1.82) is 0 Å². The fraction of sp³-hybridized carbons (Fsp3) is 0.562. The van der Waals surface area contributed by atoms with Crippen LogP contribution in [0.3, 0.4) is 0 Å². The topological polar surface area (TPSA) is 29.5 Å². The van der Waals surface area contributed by atoms with Crippen molar-refractivity contribution in [3.05, 3.63) is 29.3 Å². The van der Waals surface area contributed by atoms with Gasteiger partial charge in [-0.1, -0.05) is 6.92 Å². The number of Topliss-reactive ketones (excluding diaryl/α,β-unsaturated/α-hetero) is 1. The summed E-state index contributed by atoms with van der Waals surface area (Å²) in [5.74, 6) is 2.17. The van der Waals surface area contributed by atoms with Crippen LogP contribution < -0.4 is 4.74 Å². The van der Waals surface area contributed by atoms with Crippen LogP contribution in [-0.4, -0.2) is 41.9 Å². The number of ketones is 1. The van der Waals surface area contributed by atoms with E-state index in [1.165, 1.54) is 12.2 Å². The lowest BCUT2D eigenvalue weighted by Gasteiger charge is -2.32. The molecule has 1 fully saturated rings. The molecule has 0 aromatic heterocycles. The predicted octanol–water partition coefficient (Wildman–Crippen LogP) is 3.23. The molecule has 0 saturated carbocycles. The van der Waals surface area contributed by atoms with Crippen LogP contribution in [-0.2, 0) is 6.54 Å². The summed E-state index contributed by atoms with van der Waals surface area (Å²) in [6, 6.07) is 5.72. The molecule has 1 aliphatic rings. The van der Waals surface area contributed by atoms with E-state index in [2.05, 4.69) is 23.6 Å². The van der Waals surface area contributed by atoms with E-state index < -0.39 is 0 Å². The van der Waals surface area contributed by atoms with Crippen molar-refractivity contribution in [3.8, 4) is 5.75 Å². The van der Waals surface area contributed by atoms with Crippen LogP contribution in [0.25, 0.3) is 0 Å². The minimum absolute atomic E-state index is 0.106. The second kappa shape index (κ2) is 7.14. The number of nitrogens with zero attached hydrogens (tertiary/aromatic N) is 1. The average molecular weight is 293 g/mol. The molecule has 1 aliphatic heterocycles. The Morgan fingerprint density at radius 1 is 1.50 bits per heavy atom. The van der Waals surface area contributed by atoms with Crippen molar-refractivity contribution in [2.75, 3.05) is 26.0 Å². The number of hydrogen-bond acceptors (Lipinski definition) is 4. The normalized spacial score (nSPS) is 19.9. The number of thioether (sulfide) groups is 1. The molecular formula is C16H23NO2S. The molecule has 1 aromatic rings. The van der Waals surface area contributed by atoms with Crippen LogP contribution in [0.15, 0.2) is 18.2 Å². The molecule has 0 bridgehead atoms. The summed E-state index contributed by atoms with van der Waals surface area (Å²) in [6.45, 7) is 6.94. The Morgan fingerprint density at radius 3 is 2.95 bits per heavy atom. The van der Waals surface area contributed by atoms with Gasteiger partial charge in [-0.25, -0.2) is 0 Å². The van der Waals surface area contributed by atoms with Gasteiger partial charge >= 0.3 is 0 Å². The zero-order valence-electron chi connectivity index (χ0n) is 12.5. The molecule has 20 heavy (non-hydrogen) atoms. The van der Waals surface area contributed by atoms with Gasteiger partial charge in [-0.2, -0.15) is 11.8 Å². The highest BCUT2D eigenvalue weighted by Crippen LogP contribution is 2.26. The van der Waals surface area contributed by atoms with E-state index in [1.54, 1.807) is 14.0 Å². The van der Waals surface area contributed by atoms with Crippen molar-refractivity contribution < 1.29 is 9.53 Å². The molecule has 1 unspecified atom stereocenters. The predicted molar refractivity (Wildman–Crippen MR) is 84.8 cm³/mol. The van der Waals surface area contributed by atoms with Crippen LogP contribution >= 0.6 is 11.8 Å². The van der Waals surface area contributed by atoms with Crippen molar-refractivity contribution in [1.82, 2.24) is 4.90 Å². The molecule has 0 aliphatic carbocycles. The molecule has 0 radical (unpaired) electrons. The zero-order chi connectivity index (χ0) is 14.5. The number of carbonyl (C=O) groups excluding carboxylic acids is 1. The minimum atomic E-state index is 0.106. The van der Waals surface area contributed by atoms with Gasteiger partial charge in [0, 0.05) is 41.8 Å². The summed E-state index contributed by atoms with van der Waals surface area (Å²) in [7, 11) is 1.69. The standard InChI is InChI=1S/C16H23NO2S/c1-4-15-11-17(7-8-20-15)10-14-9-13(12(2)18)5-6-16(14)19-3/h5-6,9,15H,4,7-8,10-11H2,1-3H3. The quantitative estimate of drug-likeness (QED) is 0.780. The van der Waals surface area contributed by atoms with E-state index in [9.17, 15) is 4.79 Å². The highest BCUT2D eigenvalue weighted by Gasteiger charge is 2.20. The third kappa shape index (κ3) is 3.76. The highest BCUT2D eigenvalue weighted by atomic mass is 32.2. The summed E-state index contributed by atoms with van der Waals surface area (Å²) in [4.78, 5) is 14.0. The van der Waals surface area contributed by atoms with E-state index in [-0.39, 0.29) is 5.78 Å². The number of carbonyl (C=O) groups is 1. The lowest BCUT2D eigenvalue weighted by molar-refractivity contribution is 0.101. The summed E-state index contributed by atoms with van der Waals surface area (Å²) in [6.07, 6.45) is 1.21. The van der Waals surface area contributed by atoms with Gasteiger partial charge < -0.3 is 4.74 Å². The smallest absolute Gasteiger partial charge is 0.159 e. The highest BCUT2D eigenvalue weighted by molar-refractivity contribution is 8.00. The van der Waals surface area contributed by atoms with Gasteiger partial charge in [0.05, 0.1) is 7.11 Å². The first-order valence-corrected chi connectivity index (χ1v) is 8.20. The molecule has 0 N–H and O–H groups in total. The molecule has 1 aromatic carbocycles. The third-order valence-corrected chi connectivity index (χ3v) is 5.13. The molecule has 0 amide bonds. The molecule has 3 nitrogen and oxygen atoms in total. The minimum Gasteiger partial charge on any atom is -0.496 e. The molecule has 110 valence electrons. The lowest BCUT2D eigenvalue weighted by atomic mass is 10.1. The van der Waals surface area contributed by atoms with Gasteiger partial charge in [0.25, 0.3) is 0 Å². The Bertz CT molecular complexity index is 476. The van der Waals surface area contributed by atoms with E-state index >= 15 is 0 Å². The second-order valence-electron chi connectivity index (χ2n) is 5.22. The number of hydrogen-bond donors (Lipinski definition) is 0.